The molecule has 0 saturated carbocycles. The predicted molar refractivity (Wildman–Crippen MR) is 76.3 cm³/mol. The molecule has 1 fully saturated rings. The molecule has 1 N–H and O–H groups in total. The number of likely N-dealkylation sites (tertiary alicyclic amines) is 1. The maximum absolute atomic E-state index is 9.35. The van der Waals surface area contributed by atoms with E-state index in [9.17, 15) is 5.26 Å². The van der Waals surface area contributed by atoms with Crippen LogP contribution in [0.3, 0.4) is 0 Å². The van der Waals surface area contributed by atoms with Crippen molar-refractivity contribution in [2.45, 2.75) is 71.5 Å². The molecule has 0 bridgehead atoms. The maximum atomic E-state index is 9.35. The molecule has 1 aliphatic rings. The SMILES string of the molecule is CC(C)NC(C)(C#N)CCN1CCCC(C)C1C. The number of rotatable bonds is 5. The molecular weight excluding hydrogens is 222 g/mol. The predicted octanol–water partition coefficient (Wildman–Crippen LogP) is 2.78. The van der Waals surface area contributed by atoms with Crippen LogP contribution in [0.1, 0.15) is 53.9 Å². The Labute approximate surface area is 113 Å². The summed E-state index contributed by atoms with van der Waals surface area (Å²) in [5, 5.41) is 12.7. The van der Waals surface area contributed by atoms with Gasteiger partial charge in [0.2, 0.25) is 0 Å². The van der Waals surface area contributed by atoms with Crippen molar-refractivity contribution < 1.29 is 0 Å². The highest BCUT2D eigenvalue weighted by Gasteiger charge is 2.29. The third kappa shape index (κ3) is 4.26. The van der Waals surface area contributed by atoms with Gasteiger partial charge in [-0.25, -0.2) is 0 Å². The first-order chi connectivity index (χ1) is 8.38. The zero-order valence-electron chi connectivity index (χ0n) is 12.7. The van der Waals surface area contributed by atoms with Crippen LogP contribution in [0.4, 0.5) is 0 Å². The lowest BCUT2D eigenvalue weighted by molar-refractivity contribution is 0.105. The Morgan fingerprint density at radius 3 is 2.67 bits per heavy atom. The third-order valence-corrected chi connectivity index (χ3v) is 4.26. The van der Waals surface area contributed by atoms with Gasteiger partial charge in [-0.1, -0.05) is 6.92 Å². The molecular formula is C15H29N3. The normalized spacial score (nSPS) is 28.9. The summed E-state index contributed by atoms with van der Waals surface area (Å²) in [4.78, 5) is 2.55. The molecule has 3 atom stereocenters. The summed E-state index contributed by atoms with van der Waals surface area (Å²) in [5.74, 6) is 0.783. The third-order valence-electron chi connectivity index (χ3n) is 4.26. The van der Waals surface area contributed by atoms with Gasteiger partial charge in [0.15, 0.2) is 0 Å². The van der Waals surface area contributed by atoms with Gasteiger partial charge in [0, 0.05) is 18.6 Å². The highest BCUT2D eigenvalue weighted by atomic mass is 15.2. The quantitative estimate of drug-likeness (QED) is 0.816. The summed E-state index contributed by atoms with van der Waals surface area (Å²) in [5.41, 5.74) is -0.394. The number of nitrogens with one attached hydrogen (secondary N) is 1. The summed E-state index contributed by atoms with van der Waals surface area (Å²) < 4.78 is 0. The first-order valence-electron chi connectivity index (χ1n) is 7.31. The van der Waals surface area contributed by atoms with E-state index in [0.717, 1.165) is 18.9 Å². The van der Waals surface area contributed by atoms with E-state index < -0.39 is 5.54 Å². The summed E-state index contributed by atoms with van der Waals surface area (Å²) in [6.07, 6.45) is 3.54. The molecule has 0 aromatic heterocycles. The molecule has 1 saturated heterocycles. The van der Waals surface area contributed by atoms with Gasteiger partial charge in [0.1, 0.15) is 5.54 Å². The van der Waals surface area contributed by atoms with E-state index in [1.54, 1.807) is 0 Å². The summed E-state index contributed by atoms with van der Waals surface area (Å²) in [6, 6.07) is 3.45. The summed E-state index contributed by atoms with van der Waals surface area (Å²) in [7, 11) is 0. The fourth-order valence-electron chi connectivity index (χ4n) is 2.90. The fourth-order valence-corrected chi connectivity index (χ4v) is 2.90. The largest absolute Gasteiger partial charge is 0.300 e. The average molecular weight is 251 g/mol. The van der Waals surface area contributed by atoms with E-state index in [-0.39, 0.29) is 0 Å². The Hall–Kier alpha value is -0.590. The molecule has 104 valence electrons. The molecule has 0 amide bonds. The second-order valence-electron chi connectivity index (χ2n) is 6.39. The highest BCUT2D eigenvalue weighted by molar-refractivity contribution is 5.05. The van der Waals surface area contributed by atoms with Crippen LogP contribution < -0.4 is 5.32 Å². The number of piperidine rings is 1. The molecule has 0 aliphatic carbocycles. The Kier molecular flexibility index (Phi) is 5.62. The van der Waals surface area contributed by atoms with E-state index in [0.29, 0.717) is 12.1 Å². The van der Waals surface area contributed by atoms with Crippen molar-refractivity contribution in [1.29, 1.82) is 5.26 Å². The Morgan fingerprint density at radius 2 is 2.11 bits per heavy atom. The van der Waals surface area contributed by atoms with E-state index >= 15 is 0 Å². The zero-order valence-corrected chi connectivity index (χ0v) is 12.7. The van der Waals surface area contributed by atoms with Gasteiger partial charge in [-0.05, 0) is 59.4 Å². The second kappa shape index (κ2) is 6.54. The smallest absolute Gasteiger partial charge is 0.105 e. The van der Waals surface area contributed by atoms with E-state index in [1.165, 1.54) is 19.4 Å². The van der Waals surface area contributed by atoms with Gasteiger partial charge in [-0.15, -0.1) is 0 Å². The van der Waals surface area contributed by atoms with Gasteiger partial charge in [0.05, 0.1) is 6.07 Å². The Bertz CT molecular complexity index is 295. The number of hydrogen-bond acceptors (Lipinski definition) is 3. The molecule has 0 aromatic rings. The first kappa shape index (κ1) is 15.5. The first-order valence-corrected chi connectivity index (χ1v) is 7.31. The minimum Gasteiger partial charge on any atom is -0.300 e. The Balaban J connectivity index is 2.50. The highest BCUT2D eigenvalue weighted by Crippen LogP contribution is 2.24. The molecule has 0 radical (unpaired) electrons. The van der Waals surface area contributed by atoms with Crippen LogP contribution in [0.25, 0.3) is 0 Å². The van der Waals surface area contributed by atoms with E-state index in [2.05, 4.69) is 44.0 Å². The Morgan fingerprint density at radius 1 is 1.44 bits per heavy atom. The van der Waals surface area contributed by atoms with E-state index in [1.807, 2.05) is 6.92 Å². The second-order valence-corrected chi connectivity index (χ2v) is 6.39. The van der Waals surface area contributed by atoms with Crippen LogP contribution in [0.5, 0.6) is 0 Å². The minimum atomic E-state index is -0.394. The lowest BCUT2D eigenvalue weighted by Crippen LogP contribution is -2.49. The summed E-state index contributed by atoms with van der Waals surface area (Å²) >= 11 is 0. The van der Waals surface area contributed by atoms with Crippen molar-refractivity contribution in [3.05, 3.63) is 0 Å². The molecule has 1 aliphatic heterocycles. The molecule has 18 heavy (non-hydrogen) atoms. The van der Waals surface area contributed by atoms with Gasteiger partial charge >= 0.3 is 0 Å². The molecule has 3 nitrogen and oxygen atoms in total. The summed E-state index contributed by atoms with van der Waals surface area (Å²) in [6.45, 7) is 13.1. The van der Waals surface area contributed by atoms with Crippen molar-refractivity contribution in [2.24, 2.45) is 5.92 Å². The van der Waals surface area contributed by atoms with Crippen LogP contribution in [0, 0.1) is 17.2 Å². The molecule has 1 heterocycles. The van der Waals surface area contributed by atoms with Crippen molar-refractivity contribution in [1.82, 2.24) is 10.2 Å². The molecule has 1 rings (SSSR count). The maximum Gasteiger partial charge on any atom is 0.105 e. The van der Waals surface area contributed by atoms with Gasteiger partial charge < -0.3 is 4.90 Å². The van der Waals surface area contributed by atoms with Gasteiger partial charge in [-0.2, -0.15) is 5.26 Å². The molecule has 3 unspecified atom stereocenters. The minimum absolute atomic E-state index is 0.354. The van der Waals surface area contributed by atoms with Crippen LogP contribution in [-0.2, 0) is 0 Å². The van der Waals surface area contributed by atoms with Crippen molar-refractivity contribution in [3.63, 3.8) is 0 Å². The number of nitriles is 1. The lowest BCUT2D eigenvalue weighted by Gasteiger charge is -2.39. The van der Waals surface area contributed by atoms with Gasteiger partial charge in [0.25, 0.3) is 0 Å². The number of nitrogens with zero attached hydrogens (tertiary/aromatic N) is 2. The molecule has 3 heteroatoms. The topological polar surface area (TPSA) is 39.1 Å². The van der Waals surface area contributed by atoms with Crippen LogP contribution >= 0.6 is 0 Å². The molecule has 0 aromatic carbocycles. The van der Waals surface area contributed by atoms with Crippen LogP contribution in [0.15, 0.2) is 0 Å². The van der Waals surface area contributed by atoms with E-state index in [4.69, 9.17) is 0 Å². The monoisotopic (exact) mass is 251 g/mol. The van der Waals surface area contributed by atoms with Crippen LogP contribution in [0.2, 0.25) is 0 Å². The lowest BCUT2D eigenvalue weighted by atomic mass is 9.90. The van der Waals surface area contributed by atoms with Crippen molar-refractivity contribution in [3.8, 4) is 6.07 Å². The average Bonchev–Trinajstić information content (AvgIpc) is 2.30. The van der Waals surface area contributed by atoms with Crippen molar-refractivity contribution in [2.75, 3.05) is 13.1 Å². The zero-order chi connectivity index (χ0) is 13.8. The standard InChI is InChI=1S/C15H29N3/c1-12(2)17-15(5,11-16)8-10-18-9-6-7-13(3)14(18)4/h12-14,17H,6-10H2,1-5H3. The van der Waals surface area contributed by atoms with Gasteiger partial charge in [-0.3, -0.25) is 5.32 Å². The van der Waals surface area contributed by atoms with Crippen LogP contribution in [-0.4, -0.2) is 35.6 Å². The van der Waals surface area contributed by atoms with Crippen molar-refractivity contribution >= 4 is 0 Å². The molecule has 0 spiro atoms. The number of hydrogen-bond donors (Lipinski definition) is 1. The fraction of sp³-hybridized carbons (Fsp3) is 0.933.